The van der Waals surface area contributed by atoms with Crippen molar-refractivity contribution < 1.29 is 9.21 Å². The number of carbonyl (C=O) groups is 1. The molecule has 3 aromatic heterocycles. The maximum absolute atomic E-state index is 12.5. The van der Waals surface area contributed by atoms with E-state index in [0.29, 0.717) is 49.0 Å². The third kappa shape index (κ3) is 3.73. The van der Waals surface area contributed by atoms with Gasteiger partial charge in [0.05, 0.1) is 18.2 Å². The van der Waals surface area contributed by atoms with E-state index in [1.807, 2.05) is 12.1 Å². The number of anilines is 1. The molecule has 166 valence electrons. The van der Waals surface area contributed by atoms with Crippen molar-refractivity contribution in [1.82, 2.24) is 24.8 Å². The van der Waals surface area contributed by atoms with Gasteiger partial charge in [-0.1, -0.05) is 6.42 Å². The molecular formula is C23H27N7O2. The molecule has 5 rings (SSSR count). The van der Waals surface area contributed by atoms with E-state index in [2.05, 4.69) is 24.8 Å². The van der Waals surface area contributed by atoms with Crippen LogP contribution in [0.5, 0.6) is 0 Å². The van der Waals surface area contributed by atoms with Crippen molar-refractivity contribution >= 4 is 11.9 Å². The fourth-order valence-corrected chi connectivity index (χ4v) is 4.87. The Hall–Kier alpha value is -3.33. The van der Waals surface area contributed by atoms with Crippen LogP contribution in [0.1, 0.15) is 32.1 Å². The van der Waals surface area contributed by atoms with Crippen molar-refractivity contribution in [2.45, 2.75) is 37.6 Å². The van der Waals surface area contributed by atoms with Crippen molar-refractivity contribution in [2.75, 3.05) is 31.1 Å². The number of amides is 1. The zero-order chi connectivity index (χ0) is 22.0. The molecule has 32 heavy (non-hydrogen) atoms. The molecular weight excluding hydrogens is 406 g/mol. The van der Waals surface area contributed by atoms with E-state index in [4.69, 9.17) is 15.1 Å². The van der Waals surface area contributed by atoms with Crippen LogP contribution in [0.3, 0.4) is 0 Å². The first-order valence-electron chi connectivity index (χ1n) is 11.1. The van der Waals surface area contributed by atoms with Gasteiger partial charge in [0.15, 0.2) is 5.76 Å². The molecule has 0 bridgehead atoms. The lowest BCUT2D eigenvalue weighted by atomic mass is 9.83. The van der Waals surface area contributed by atoms with Crippen LogP contribution < -0.4 is 10.6 Å². The van der Waals surface area contributed by atoms with E-state index in [1.165, 1.54) is 6.42 Å². The Morgan fingerprint density at radius 1 is 1.03 bits per heavy atom. The Kier molecular flexibility index (Phi) is 5.57. The van der Waals surface area contributed by atoms with Crippen LogP contribution in [0.25, 0.3) is 22.7 Å². The highest BCUT2D eigenvalue weighted by atomic mass is 16.3. The number of nitrogens with two attached hydrogens (primary N) is 1. The molecule has 2 fully saturated rings. The zero-order valence-corrected chi connectivity index (χ0v) is 18.0. The Morgan fingerprint density at radius 2 is 1.84 bits per heavy atom. The summed E-state index contributed by atoms with van der Waals surface area (Å²) in [5.74, 6) is 1.04. The molecule has 0 aromatic carbocycles. The second kappa shape index (κ2) is 8.66. The molecule has 0 saturated carbocycles. The molecule has 9 nitrogen and oxygen atoms in total. The SMILES string of the molecule is NC(=O)C1(N2CCCCC2)CCN(c2ncc(-c3cnccn3)c(-c3ccco3)n2)CC1. The lowest BCUT2D eigenvalue weighted by Gasteiger charge is -2.48. The Bertz CT molecular complexity index is 1060. The predicted octanol–water partition coefficient (Wildman–Crippen LogP) is 2.50. The summed E-state index contributed by atoms with van der Waals surface area (Å²) in [6.45, 7) is 3.22. The topological polar surface area (TPSA) is 114 Å². The lowest BCUT2D eigenvalue weighted by molar-refractivity contribution is -0.132. The largest absolute Gasteiger partial charge is 0.463 e. The van der Waals surface area contributed by atoms with E-state index < -0.39 is 5.54 Å². The monoisotopic (exact) mass is 433 g/mol. The van der Waals surface area contributed by atoms with Gasteiger partial charge < -0.3 is 15.1 Å². The summed E-state index contributed by atoms with van der Waals surface area (Å²) in [5.41, 5.74) is 7.47. The van der Waals surface area contributed by atoms with Gasteiger partial charge in [-0.25, -0.2) is 9.97 Å². The molecule has 0 aliphatic carbocycles. The van der Waals surface area contributed by atoms with Gasteiger partial charge in [-0.3, -0.25) is 19.7 Å². The summed E-state index contributed by atoms with van der Waals surface area (Å²) in [6.07, 6.45) is 13.2. The number of nitrogens with zero attached hydrogens (tertiary/aromatic N) is 6. The molecule has 0 unspecified atom stereocenters. The van der Waals surface area contributed by atoms with Gasteiger partial charge in [0, 0.05) is 37.2 Å². The van der Waals surface area contributed by atoms with Crippen molar-refractivity contribution in [1.29, 1.82) is 0 Å². The first-order valence-corrected chi connectivity index (χ1v) is 11.1. The van der Waals surface area contributed by atoms with Crippen LogP contribution in [0.2, 0.25) is 0 Å². The molecule has 0 spiro atoms. The minimum atomic E-state index is -0.569. The average molecular weight is 434 g/mol. The van der Waals surface area contributed by atoms with Crippen molar-refractivity contribution in [3.05, 3.63) is 43.2 Å². The van der Waals surface area contributed by atoms with Gasteiger partial charge in [-0.15, -0.1) is 0 Å². The highest BCUT2D eigenvalue weighted by Crippen LogP contribution is 2.34. The molecule has 9 heteroatoms. The summed E-state index contributed by atoms with van der Waals surface area (Å²) < 4.78 is 5.64. The molecule has 5 heterocycles. The highest BCUT2D eigenvalue weighted by Gasteiger charge is 2.45. The number of primary amides is 1. The average Bonchev–Trinajstić information content (AvgIpc) is 3.40. The Balaban J connectivity index is 1.42. The lowest BCUT2D eigenvalue weighted by Crippen LogP contribution is -2.63. The number of likely N-dealkylation sites (tertiary alicyclic amines) is 1. The van der Waals surface area contributed by atoms with Crippen LogP contribution in [-0.4, -0.2) is 62.5 Å². The summed E-state index contributed by atoms with van der Waals surface area (Å²) in [4.78, 5) is 35.0. The minimum absolute atomic E-state index is 0.214. The molecule has 0 atom stereocenters. The maximum Gasteiger partial charge on any atom is 0.238 e. The van der Waals surface area contributed by atoms with Gasteiger partial charge >= 0.3 is 0 Å². The summed E-state index contributed by atoms with van der Waals surface area (Å²) >= 11 is 0. The number of hydrogen-bond acceptors (Lipinski definition) is 8. The number of hydrogen-bond donors (Lipinski definition) is 1. The maximum atomic E-state index is 12.5. The number of rotatable bonds is 5. The van der Waals surface area contributed by atoms with E-state index in [0.717, 1.165) is 31.5 Å². The Labute approximate surface area is 186 Å². The molecule has 2 saturated heterocycles. The predicted molar refractivity (Wildman–Crippen MR) is 120 cm³/mol. The molecule has 0 radical (unpaired) electrons. The third-order valence-electron chi connectivity index (χ3n) is 6.66. The first kappa shape index (κ1) is 20.6. The number of aromatic nitrogens is 4. The van der Waals surface area contributed by atoms with Crippen molar-refractivity contribution in [3.8, 4) is 22.7 Å². The highest BCUT2D eigenvalue weighted by molar-refractivity contribution is 5.85. The van der Waals surface area contributed by atoms with Gasteiger partial charge in [0.1, 0.15) is 11.2 Å². The summed E-state index contributed by atoms with van der Waals surface area (Å²) in [7, 11) is 0. The summed E-state index contributed by atoms with van der Waals surface area (Å²) in [5, 5.41) is 0. The van der Waals surface area contributed by atoms with E-state index in [9.17, 15) is 4.79 Å². The Morgan fingerprint density at radius 3 is 2.50 bits per heavy atom. The normalized spacial score (nSPS) is 19.1. The third-order valence-corrected chi connectivity index (χ3v) is 6.66. The molecule has 2 aliphatic rings. The number of piperidine rings is 2. The van der Waals surface area contributed by atoms with Crippen LogP contribution in [0, 0.1) is 0 Å². The smallest absolute Gasteiger partial charge is 0.238 e. The second-order valence-corrected chi connectivity index (χ2v) is 8.43. The molecule has 3 aromatic rings. The van der Waals surface area contributed by atoms with Crippen LogP contribution >= 0.6 is 0 Å². The van der Waals surface area contributed by atoms with Crippen molar-refractivity contribution in [3.63, 3.8) is 0 Å². The first-order chi connectivity index (χ1) is 15.7. The molecule has 2 N–H and O–H groups in total. The molecule has 1 amide bonds. The second-order valence-electron chi connectivity index (χ2n) is 8.43. The van der Waals surface area contributed by atoms with E-state index in [1.54, 1.807) is 31.1 Å². The van der Waals surface area contributed by atoms with Crippen LogP contribution in [0.4, 0.5) is 5.95 Å². The summed E-state index contributed by atoms with van der Waals surface area (Å²) in [6, 6.07) is 3.70. The van der Waals surface area contributed by atoms with Gasteiger partial charge in [-0.05, 0) is 50.9 Å². The van der Waals surface area contributed by atoms with Crippen molar-refractivity contribution in [2.24, 2.45) is 5.73 Å². The minimum Gasteiger partial charge on any atom is -0.463 e. The quantitative estimate of drug-likeness (QED) is 0.653. The number of carbonyl (C=O) groups excluding carboxylic acids is 1. The number of furan rings is 1. The van der Waals surface area contributed by atoms with Crippen LogP contribution in [0.15, 0.2) is 47.6 Å². The standard InChI is InChI=1S/C23H27N7O2/c24-21(31)23(30-10-2-1-3-11-30)6-12-29(13-7-23)22-27-15-17(18-16-25-8-9-26-18)20(28-22)19-5-4-14-32-19/h4-5,8-9,14-16H,1-3,6-7,10-13H2,(H2,24,31). The van der Waals surface area contributed by atoms with Gasteiger partial charge in [0.2, 0.25) is 11.9 Å². The van der Waals surface area contributed by atoms with Crippen LogP contribution in [-0.2, 0) is 4.79 Å². The van der Waals surface area contributed by atoms with Gasteiger partial charge in [-0.2, -0.15) is 0 Å². The van der Waals surface area contributed by atoms with E-state index >= 15 is 0 Å². The zero-order valence-electron chi connectivity index (χ0n) is 18.0. The fourth-order valence-electron chi connectivity index (χ4n) is 4.87. The molecule has 2 aliphatic heterocycles. The van der Waals surface area contributed by atoms with Gasteiger partial charge in [0.25, 0.3) is 0 Å². The fraction of sp³-hybridized carbons (Fsp3) is 0.435. The van der Waals surface area contributed by atoms with E-state index in [-0.39, 0.29) is 5.91 Å².